The molecule has 2 amide bonds. The van der Waals surface area contributed by atoms with Crippen molar-refractivity contribution in [2.75, 3.05) is 0 Å². The van der Waals surface area contributed by atoms with Crippen molar-refractivity contribution in [2.24, 2.45) is 0 Å². The predicted octanol–water partition coefficient (Wildman–Crippen LogP) is 3.89. The lowest BCUT2D eigenvalue weighted by atomic mass is 10.2. The number of hydrazine groups is 1. The summed E-state index contributed by atoms with van der Waals surface area (Å²) in [6.45, 7) is 0.314. The Labute approximate surface area is 157 Å². The number of rotatable bonds is 4. The summed E-state index contributed by atoms with van der Waals surface area (Å²) in [6, 6.07) is 18.5. The monoisotopic (exact) mass is 364 g/mol. The normalized spacial score (nSPS) is 20.0. The zero-order chi connectivity index (χ0) is 18.6. The summed E-state index contributed by atoms with van der Waals surface area (Å²) in [4.78, 5) is 25.2. The molecule has 6 nitrogen and oxygen atoms in total. The van der Waals surface area contributed by atoms with Gasteiger partial charge in [0.2, 0.25) is 0 Å². The van der Waals surface area contributed by atoms with Crippen LogP contribution in [0, 0.1) is 0 Å². The van der Waals surface area contributed by atoms with Crippen molar-refractivity contribution in [2.45, 2.75) is 31.7 Å². The molecule has 0 N–H and O–H groups in total. The first-order valence-corrected chi connectivity index (χ1v) is 8.90. The number of nitrogens with zero attached hydrogens (tertiary/aromatic N) is 2. The molecule has 2 unspecified atom stereocenters. The van der Waals surface area contributed by atoms with E-state index in [1.165, 1.54) is 10.0 Å². The van der Waals surface area contributed by atoms with Crippen LogP contribution in [0.1, 0.15) is 17.5 Å². The number of carbonyl (C=O) groups excluding carboxylic acids is 2. The highest BCUT2D eigenvalue weighted by Crippen LogP contribution is 2.33. The van der Waals surface area contributed by atoms with E-state index in [1.807, 2.05) is 72.8 Å². The molecule has 27 heavy (non-hydrogen) atoms. The van der Waals surface area contributed by atoms with Crippen LogP contribution in [0.4, 0.5) is 9.59 Å². The number of hydrogen-bond donors (Lipinski definition) is 0. The topological polar surface area (TPSA) is 59.1 Å². The zero-order valence-corrected chi connectivity index (χ0v) is 14.7. The summed E-state index contributed by atoms with van der Waals surface area (Å²) >= 11 is 0. The molecule has 2 aliphatic rings. The van der Waals surface area contributed by atoms with Crippen LogP contribution >= 0.6 is 0 Å². The molecule has 2 bridgehead atoms. The largest absolute Gasteiger partial charge is 0.443 e. The van der Waals surface area contributed by atoms with E-state index >= 15 is 0 Å². The maximum absolute atomic E-state index is 12.6. The lowest BCUT2D eigenvalue weighted by Crippen LogP contribution is -2.51. The summed E-state index contributed by atoms with van der Waals surface area (Å²) < 4.78 is 10.8. The fourth-order valence-electron chi connectivity index (χ4n) is 3.36. The van der Waals surface area contributed by atoms with Gasteiger partial charge in [0.1, 0.15) is 13.2 Å². The first kappa shape index (κ1) is 17.1. The van der Waals surface area contributed by atoms with Gasteiger partial charge in [0.05, 0.1) is 12.1 Å². The molecule has 1 heterocycles. The molecule has 2 aromatic rings. The van der Waals surface area contributed by atoms with Gasteiger partial charge >= 0.3 is 12.2 Å². The van der Waals surface area contributed by atoms with E-state index < -0.39 is 12.2 Å². The smallest absolute Gasteiger partial charge is 0.429 e. The fourth-order valence-corrected chi connectivity index (χ4v) is 3.36. The summed E-state index contributed by atoms with van der Waals surface area (Å²) in [5.74, 6) is 0. The van der Waals surface area contributed by atoms with Gasteiger partial charge in [-0.05, 0) is 17.5 Å². The first-order chi connectivity index (χ1) is 13.2. The van der Waals surface area contributed by atoms with Crippen LogP contribution in [-0.4, -0.2) is 34.3 Å². The average molecular weight is 364 g/mol. The van der Waals surface area contributed by atoms with Gasteiger partial charge in [-0.25, -0.2) is 19.6 Å². The second-order valence-electron chi connectivity index (χ2n) is 6.52. The molecule has 6 heteroatoms. The van der Waals surface area contributed by atoms with E-state index in [1.54, 1.807) is 0 Å². The molecule has 2 atom stereocenters. The van der Waals surface area contributed by atoms with Crippen molar-refractivity contribution in [3.8, 4) is 0 Å². The minimum Gasteiger partial charge on any atom is -0.443 e. The van der Waals surface area contributed by atoms with Crippen molar-refractivity contribution in [3.63, 3.8) is 0 Å². The van der Waals surface area contributed by atoms with Gasteiger partial charge in [-0.1, -0.05) is 72.8 Å². The first-order valence-electron chi connectivity index (χ1n) is 8.90. The number of fused-ring (bicyclic) bond motifs is 2. The summed E-state index contributed by atoms with van der Waals surface area (Å²) in [5.41, 5.74) is 1.79. The Balaban J connectivity index is 1.40. The van der Waals surface area contributed by atoms with Crippen LogP contribution in [0.5, 0.6) is 0 Å². The standard InChI is InChI=1S/C21H20N2O4/c24-20(26-14-16-7-3-1-4-8-16)22-18-11-12-19(13-18)23(22)21(25)27-15-17-9-5-2-6-10-17/h1-12,18-19H,13-15H2. The zero-order valence-electron chi connectivity index (χ0n) is 14.7. The second kappa shape index (κ2) is 7.53. The fraction of sp³-hybridized carbons (Fsp3) is 0.238. The molecule has 1 saturated heterocycles. The number of amides is 2. The highest BCUT2D eigenvalue weighted by Gasteiger charge is 2.48. The minimum atomic E-state index is -0.549. The van der Waals surface area contributed by atoms with E-state index in [2.05, 4.69) is 0 Å². The lowest BCUT2D eigenvalue weighted by Gasteiger charge is -2.33. The highest BCUT2D eigenvalue weighted by atomic mass is 16.6. The molecule has 0 spiro atoms. The molecule has 0 saturated carbocycles. The van der Waals surface area contributed by atoms with Gasteiger partial charge in [-0.2, -0.15) is 0 Å². The van der Waals surface area contributed by atoms with Crippen molar-refractivity contribution in [3.05, 3.63) is 83.9 Å². The molecule has 138 valence electrons. The van der Waals surface area contributed by atoms with Crippen molar-refractivity contribution in [1.29, 1.82) is 0 Å². The number of carbonyl (C=O) groups is 2. The molecule has 1 aliphatic carbocycles. The Morgan fingerprint density at radius 3 is 1.56 bits per heavy atom. The summed E-state index contributed by atoms with van der Waals surface area (Å²) in [7, 11) is 0. The van der Waals surface area contributed by atoms with Crippen molar-refractivity contribution >= 4 is 12.2 Å². The summed E-state index contributed by atoms with van der Waals surface area (Å²) in [5, 5.41) is 2.72. The third-order valence-corrected chi connectivity index (χ3v) is 4.68. The van der Waals surface area contributed by atoms with Gasteiger partial charge in [-0.3, -0.25) is 0 Å². The van der Waals surface area contributed by atoms with Gasteiger partial charge in [0.25, 0.3) is 0 Å². The Hall–Kier alpha value is -3.28. The molecular weight excluding hydrogens is 344 g/mol. The van der Waals surface area contributed by atoms with E-state index in [0.29, 0.717) is 6.42 Å². The van der Waals surface area contributed by atoms with Gasteiger partial charge in [-0.15, -0.1) is 0 Å². The molecule has 1 fully saturated rings. The number of benzene rings is 2. The maximum atomic E-state index is 12.6. The maximum Gasteiger partial charge on any atom is 0.429 e. The Kier molecular flexibility index (Phi) is 4.78. The van der Waals surface area contributed by atoms with Crippen LogP contribution in [0.15, 0.2) is 72.8 Å². The van der Waals surface area contributed by atoms with Crippen LogP contribution in [0.3, 0.4) is 0 Å². The average Bonchev–Trinajstić information content (AvgIpc) is 3.33. The quantitative estimate of drug-likeness (QED) is 0.773. The Bertz CT molecular complexity index is 768. The Morgan fingerprint density at radius 2 is 1.15 bits per heavy atom. The molecule has 0 radical (unpaired) electrons. The van der Waals surface area contributed by atoms with Gasteiger partial charge in [0.15, 0.2) is 0 Å². The van der Waals surface area contributed by atoms with E-state index in [4.69, 9.17) is 9.47 Å². The third-order valence-electron chi connectivity index (χ3n) is 4.68. The third kappa shape index (κ3) is 3.65. The molecule has 4 rings (SSSR count). The van der Waals surface area contributed by atoms with Crippen LogP contribution in [0.2, 0.25) is 0 Å². The minimum absolute atomic E-state index is 0.157. The second-order valence-corrected chi connectivity index (χ2v) is 6.52. The molecule has 0 aromatic heterocycles. The number of hydrogen-bond acceptors (Lipinski definition) is 4. The van der Waals surface area contributed by atoms with Gasteiger partial charge < -0.3 is 9.47 Å². The van der Waals surface area contributed by atoms with E-state index in [-0.39, 0.29) is 25.3 Å². The predicted molar refractivity (Wildman–Crippen MR) is 98.3 cm³/mol. The van der Waals surface area contributed by atoms with E-state index in [9.17, 15) is 9.59 Å². The lowest BCUT2D eigenvalue weighted by molar-refractivity contribution is -0.0194. The van der Waals surface area contributed by atoms with Crippen molar-refractivity contribution < 1.29 is 19.1 Å². The van der Waals surface area contributed by atoms with Crippen LogP contribution in [-0.2, 0) is 22.7 Å². The number of ether oxygens (including phenoxy) is 2. The SMILES string of the molecule is O=C(OCc1ccccc1)N1C2C=CC(C2)N1C(=O)OCc1ccccc1. The van der Waals surface area contributed by atoms with Crippen LogP contribution in [0.25, 0.3) is 0 Å². The van der Waals surface area contributed by atoms with E-state index in [0.717, 1.165) is 11.1 Å². The Morgan fingerprint density at radius 1 is 0.741 bits per heavy atom. The highest BCUT2D eigenvalue weighted by molar-refractivity contribution is 5.76. The molecule has 2 aromatic carbocycles. The molecule has 1 aliphatic heterocycles. The van der Waals surface area contributed by atoms with Crippen LogP contribution < -0.4 is 0 Å². The van der Waals surface area contributed by atoms with Crippen molar-refractivity contribution in [1.82, 2.24) is 10.0 Å². The molecular formula is C21H20N2O4. The van der Waals surface area contributed by atoms with Gasteiger partial charge in [0, 0.05) is 0 Å². The summed E-state index contributed by atoms with van der Waals surface area (Å²) in [6.07, 6.45) is 3.42.